The van der Waals surface area contributed by atoms with Crippen molar-refractivity contribution in [2.24, 2.45) is 5.92 Å². The van der Waals surface area contributed by atoms with E-state index in [4.69, 9.17) is 4.74 Å². The van der Waals surface area contributed by atoms with Gasteiger partial charge in [-0.2, -0.15) is 0 Å². The van der Waals surface area contributed by atoms with E-state index in [1.165, 1.54) is 45.2 Å². The Morgan fingerprint density at radius 1 is 1.23 bits per heavy atom. The van der Waals surface area contributed by atoms with Gasteiger partial charge in [0.2, 0.25) is 0 Å². The summed E-state index contributed by atoms with van der Waals surface area (Å²) in [5.74, 6) is 0.942. The molecule has 0 aliphatic carbocycles. The van der Waals surface area contributed by atoms with Crippen molar-refractivity contribution in [2.75, 3.05) is 26.3 Å². The highest BCUT2D eigenvalue weighted by Gasteiger charge is 2.12. The molecule has 1 aliphatic rings. The molecule has 1 aliphatic heterocycles. The number of hydrogen-bond donors (Lipinski definition) is 1. The second-order valence-corrected chi connectivity index (χ2v) is 3.95. The van der Waals surface area contributed by atoms with Crippen molar-refractivity contribution < 1.29 is 4.74 Å². The van der Waals surface area contributed by atoms with Crippen LogP contribution in [0.2, 0.25) is 0 Å². The average molecular weight is 185 g/mol. The normalized spacial score (nSPS) is 19.2. The summed E-state index contributed by atoms with van der Waals surface area (Å²) in [6.45, 7) is 6.57. The molecule has 0 aromatic heterocycles. The number of hydrogen-bond acceptors (Lipinski definition) is 2. The van der Waals surface area contributed by atoms with Gasteiger partial charge in [0.05, 0.1) is 0 Å². The minimum atomic E-state index is 0.942. The molecule has 0 aromatic rings. The van der Waals surface area contributed by atoms with Crippen LogP contribution < -0.4 is 5.32 Å². The van der Waals surface area contributed by atoms with Crippen molar-refractivity contribution in [1.29, 1.82) is 0 Å². The summed E-state index contributed by atoms with van der Waals surface area (Å²) >= 11 is 0. The highest BCUT2D eigenvalue weighted by molar-refractivity contribution is 4.63. The zero-order valence-electron chi connectivity index (χ0n) is 8.85. The third-order valence-corrected chi connectivity index (χ3v) is 2.73. The zero-order chi connectivity index (χ0) is 9.36. The van der Waals surface area contributed by atoms with Crippen LogP contribution in [0.15, 0.2) is 0 Å². The lowest BCUT2D eigenvalue weighted by Gasteiger charge is -2.21. The Labute approximate surface area is 82.0 Å². The van der Waals surface area contributed by atoms with Crippen LogP contribution in [0.25, 0.3) is 0 Å². The summed E-state index contributed by atoms with van der Waals surface area (Å²) < 4.78 is 5.33. The Balaban J connectivity index is 1.86. The molecule has 0 bridgehead atoms. The van der Waals surface area contributed by atoms with Crippen molar-refractivity contribution in [2.45, 2.75) is 39.0 Å². The first-order valence-corrected chi connectivity index (χ1v) is 5.72. The first-order valence-electron chi connectivity index (χ1n) is 5.72. The van der Waals surface area contributed by atoms with Crippen LogP contribution >= 0.6 is 0 Å². The van der Waals surface area contributed by atoms with E-state index < -0.39 is 0 Å². The van der Waals surface area contributed by atoms with Crippen LogP contribution in [-0.2, 0) is 4.74 Å². The fourth-order valence-corrected chi connectivity index (χ4v) is 1.85. The third-order valence-electron chi connectivity index (χ3n) is 2.73. The molecule has 2 heteroatoms. The van der Waals surface area contributed by atoms with Crippen molar-refractivity contribution in [3.63, 3.8) is 0 Å². The van der Waals surface area contributed by atoms with Crippen LogP contribution in [0, 0.1) is 5.92 Å². The zero-order valence-corrected chi connectivity index (χ0v) is 8.85. The van der Waals surface area contributed by atoms with Crippen LogP contribution in [0.5, 0.6) is 0 Å². The molecule has 0 spiro atoms. The third kappa shape index (κ3) is 5.27. The minimum Gasteiger partial charge on any atom is -0.381 e. The standard InChI is InChI=1S/C11H23NO/c1-2-7-12-8-3-4-11-5-9-13-10-6-11/h11-12H,2-10H2,1H3. The van der Waals surface area contributed by atoms with Gasteiger partial charge in [-0.3, -0.25) is 0 Å². The van der Waals surface area contributed by atoms with Gasteiger partial charge >= 0.3 is 0 Å². The summed E-state index contributed by atoms with van der Waals surface area (Å²) in [5.41, 5.74) is 0. The molecule has 1 rings (SSSR count). The predicted molar refractivity (Wildman–Crippen MR) is 55.9 cm³/mol. The van der Waals surface area contributed by atoms with Gasteiger partial charge < -0.3 is 10.1 Å². The van der Waals surface area contributed by atoms with E-state index in [2.05, 4.69) is 12.2 Å². The molecule has 2 nitrogen and oxygen atoms in total. The summed E-state index contributed by atoms with van der Waals surface area (Å²) in [6.07, 6.45) is 6.55. The van der Waals surface area contributed by atoms with Crippen molar-refractivity contribution in [3.05, 3.63) is 0 Å². The van der Waals surface area contributed by atoms with Gasteiger partial charge in [0.1, 0.15) is 0 Å². The fourth-order valence-electron chi connectivity index (χ4n) is 1.85. The number of nitrogens with one attached hydrogen (secondary N) is 1. The van der Waals surface area contributed by atoms with Gasteiger partial charge in [0.15, 0.2) is 0 Å². The summed E-state index contributed by atoms with van der Waals surface area (Å²) in [6, 6.07) is 0. The van der Waals surface area contributed by atoms with E-state index in [0.717, 1.165) is 19.1 Å². The summed E-state index contributed by atoms with van der Waals surface area (Å²) in [7, 11) is 0. The van der Waals surface area contributed by atoms with E-state index in [1.54, 1.807) is 0 Å². The van der Waals surface area contributed by atoms with Crippen LogP contribution in [0.3, 0.4) is 0 Å². The monoisotopic (exact) mass is 185 g/mol. The Hall–Kier alpha value is -0.0800. The molecule has 78 valence electrons. The fraction of sp³-hybridized carbons (Fsp3) is 1.00. The topological polar surface area (TPSA) is 21.3 Å². The second kappa shape index (κ2) is 7.34. The van der Waals surface area contributed by atoms with Gasteiger partial charge in [-0.15, -0.1) is 0 Å². The van der Waals surface area contributed by atoms with Crippen LogP contribution in [0.1, 0.15) is 39.0 Å². The van der Waals surface area contributed by atoms with Crippen LogP contribution in [-0.4, -0.2) is 26.3 Å². The van der Waals surface area contributed by atoms with Gasteiger partial charge in [-0.25, -0.2) is 0 Å². The lowest BCUT2D eigenvalue weighted by Crippen LogP contribution is -2.19. The van der Waals surface area contributed by atoms with Crippen molar-refractivity contribution >= 4 is 0 Å². The smallest absolute Gasteiger partial charge is 0.0468 e. The van der Waals surface area contributed by atoms with Crippen molar-refractivity contribution in [3.8, 4) is 0 Å². The van der Waals surface area contributed by atoms with Gasteiger partial charge in [0, 0.05) is 13.2 Å². The molecule has 1 heterocycles. The molecule has 0 atom stereocenters. The molecule has 0 amide bonds. The Kier molecular flexibility index (Phi) is 6.21. The predicted octanol–water partition coefficient (Wildman–Crippen LogP) is 2.19. The van der Waals surface area contributed by atoms with E-state index in [9.17, 15) is 0 Å². The van der Waals surface area contributed by atoms with E-state index in [1.807, 2.05) is 0 Å². The maximum Gasteiger partial charge on any atom is 0.0468 e. The van der Waals surface area contributed by atoms with E-state index in [0.29, 0.717) is 0 Å². The minimum absolute atomic E-state index is 0.942. The molecule has 0 aromatic carbocycles. The Morgan fingerprint density at radius 3 is 2.69 bits per heavy atom. The lowest BCUT2D eigenvalue weighted by atomic mass is 9.95. The van der Waals surface area contributed by atoms with E-state index >= 15 is 0 Å². The molecule has 0 unspecified atom stereocenters. The first-order chi connectivity index (χ1) is 6.43. The van der Waals surface area contributed by atoms with Crippen LogP contribution in [0.4, 0.5) is 0 Å². The molecule has 0 saturated carbocycles. The molecule has 13 heavy (non-hydrogen) atoms. The maximum absolute atomic E-state index is 5.33. The molecule has 1 saturated heterocycles. The number of rotatable bonds is 6. The number of ether oxygens (including phenoxy) is 1. The quantitative estimate of drug-likeness (QED) is 0.640. The largest absolute Gasteiger partial charge is 0.381 e. The van der Waals surface area contributed by atoms with Gasteiger partial charge in [-0.1, -0.05) is 6.92 Å². The second-order valence-electron chi connectivity index (χ2n) is 3.95. The SMILES string of the molecule is CCCNCCCC1CCOCC1. The average Bonchev–Trinajstić information content (AvgIpc) is 2.19. The Morgan fingerprint density at radius 2 is 2.00 bits per heavy atom. The highest BCUT2D eigenvalue weighted by Crippen LogP contribution is 2.19. The summed E-state index contributed by atoms with van der Waals surface area (Å²) in [5, 5.41) is 3.44. The van der Waals surface area contributed by atoms with Gasteiger partial charge in [0.25, 0.3) is 0 Å². The van der Waals surface area contributed by atoms with Crippen molar-refractivity contribution in [1.82, 2.24) is 5.32 Å². The molecule has 1 N–H and O–H groups in total. The summed E-state index contributed by atoms with van der Waals surface area (Å²) in [4.78, 5) is 0. The molecular weight excluding hydrogens is 162 g/mol. The molecular formula is C11H23NO. The maximum atomic E-state index is 5.33. The van der Waals surface area contributed by atoms with E-state index in [-0.39, 0.29) is 0 Å². The molecule has 1 fully saturated rings. The lowest BCUT2D eigenvalue weighted by molar-refractivity contribution is 0.0633. The highest BCUT2D eigenvalue weighted by atomic mass is 16.5. The van der Waals surface area contributed by atoms with Gasteiger partial charge in [-0.05, 0) is 51.1 Å². The molecule has 0 radical (unpaired) electrons. The Bertz CT molecular complexity index is 111. The first kappa shape index (κ1) is 11.0.